The van der Waals surface area contributed by atoms with Gasteiger partial charge in [0.2, 0.25) is 5.95 Å². The maximum atomic E-state index is 14.9. The topological polar surface area (TPSA) is 105 Å². The molecule has 35 heavy (non-hydrogen) atoms. The summed E-state index contributed by atoms with van der Waals surface area (Å²) >= 11 is 0. The third-order valence-electron chi connectivity index (χ3n) is 5.68. The van der Waals surface area contributed by atoms with Crippen LogP contribution in [0.1, 0.15) is 17.2 Å². The molecule has 1 aliphatic rings. The predicted molar refractivity (Wildman–Crippen MR) is 129 cm³/mol. The SMILES string of the molecule is Cc1nc(C)n(-c2ccc(Nc3nccc(-c4cc(C#N)cc(N5CCOCC5)c4)n3)cc2F)n1. The average Bonchev–Trinajstić information content (AvgIpc) is 3.22. The number of halogens is 1. The van der Waals surface area contributed by atoms with Gasteiger partial charge in [0.05, 0.1) is 30.5 Å². The summed E-state index contributed by atoms with van der Waals surface area (Å²) in [5.74, 6) is 1.05. The molecule has 0 saturated carbocycles. The Labute approximate surface area is 201 Å². The maximum absolute atomic E-state index is 14.9. The highest BCUT2D eigenvalue weighted by atomic mass is 19.1. The Morgan fingerprint density at radius 3 is 2.60 bits per heavy atom. The minimum atomic E-state index is -0.448. The van der Waals surface area contributed by atoms with E-state index in [2.05, 4.69) is 36.3 Å². The van der Waals surface area contributed by atoms with E-state index in [1.165, 1.54) is 10.7 Å². The van der Waals surface area contributed by atoms with Crippen molar-refractivity contribution in [3.63, 3.8) is 0 Å². The van der Waals surface area contributed by atoms with Gasteiger partial charge in [-0.3, -0.25) is 0 Å². The Kier molecular flexibility index (Phi) is 6.08. The van der Waals surface area contributed by atoms with Gasteiger partial charge in [0.25, 0.3) is 0 Å². The summed E-state index contributed by atoms with van der Waals surface area (Å²) in [5, 5.41) is 16.8. The molecule has 0 atom stereocenters. The Morgan fingerprint density at radius 1 is 1.06 bits per heavy atom. The molecular formula is C25H23FN8O. The quantitative estimate of drug-likeness (QED) is 0.468. The molecule has 9 nitrogen and oxygen atoms in total. The summed E-state index contributed by atoms with van der Waals surface area (Å²) < 4.78 is 21.8. The van der Waals surface area contributed by atoms with Crippen molar-refractivity contribution in [2.45, 2.75) is 13.8 Å². The second-order valence-electron chi connectivity index (χ2n) is 8.15. The molecule has 0 aliphatic carbocycles. The fourth-order valence-corrected chi connectivity index (χ4v) is 4.04. The summed E-state index contributed by atoms with van der Waals surface area (Å²) in [6.07, 6.45) is 1.63. The molecule has 1 N–H and O–H groups in total. The minimum absolute atomic E-state index is 0.312. The molecule has 0 bridgehead atoms. The van der Waals surface area contributed by atoms with Gasteiger partial charge in [-0.15, -0.1) is 0 Å². The van der Waals surface area contributed by atoms with Crippen molar-refractivity contribution in [2.24, 2.45) is 0 Å². The van der Waals surface area contributed by atoms with E-state index in [1.807, 2.05) is 12.1 Å². The van der Waals surface area contributed by atoms with Crippen molar-refractivity contribution in [3.8, 4) is 23.0 Å². The molecule has 0 radical (unpaired) electrons. The second kappa shape index (κ2) is 9.48. The molecular weight excluding hydrogens is 447 g/mol. The monoisotopic (exact) mass is 470 g/mol. The third-order valence-corrected chi connectivity index (χ3v) is 5.68. The number of aromatic nitrogens is 5. The molecule has 5 rings (SSSR count). The van der Waals surface area contributed by atoms with E-state index < -0.39 is 5.82 Å². The molecule has 2 aromatic carbocycles. The number of ether oxygens (including phenoxy) is 1. The number of hydrogen-bond acceptors (Lipinski definition) is 8. The van der Waals surface area contributed by atoms with Crippen molar-refractivity contribution in [1.29, 1.82) is 5.26 Å². The normalized spacial score (nSPS) is 13.5. The number of aryl methyl sites for hydroxylation is 2. The summed E-state index contributed by atoms with van der Waals surface area (Å²) in [6.45, 7) is 6.37. The number of rotatable bonds is 5. The first-order valence-electron chi connectivity index (χ1n) is 11.2. The first-order chi connectivity index (χ1) is 17.0. The summed E-state index contributed by atoms with van der Waals surface area (Å²) in [7, 11) is 0. The van der Waals surface area contributed by atoms with Crippen molar-refractivity contribution in [3.05, 3.63) is 71.7 Å². The largest absolute Gasteiger partial charge is 0.378 e. The van der Waals surface area contributed by atoms with Crippen LogP contribution in [0.4, 0.5) is 21.7 Å². The lowest BCUT2D eigenvalue weighted by atomic mass is 10.1. The standard InChI is InChI=1S/C25H23FN8O/c1-16-29-17(2)34(32-16)24-4-3-20(14-22(24)26)30-25-28-6-5-23(31-25)19-11-18(15-27)12-21(13-19)33-7-9-35-10-8-33/h3-6,11-14H,7-10H2,1-2H3,(H,28,30,31). The molecule has 3 heterocycles. The number of nitrogens with one attached hydrogen (secondary N) is 1. The fourth-order valence-electron chi connectivity index (χ4n) is 4.04. The van der Waals surface area contributed by atoms with Crippen LogP contribution in [-0.2, 0) is 4.74 Å². The lowest BCUT2D eigenvalue weighted by Crippen LogP contribution is -2.36. The summed E-state index contributed by atoms with van der Waals surface area (Å²) in [6, 6.07) is 14.4. The van der Waals surface area contributed by atoms with Gasteiger partial charge in [-0.05, 0) is 56.3 Å². The number of nitrogens with zero attached hydrogens (tertiary/aromatic N) is 7. The summed E-state index contributed by atoms with van der Waals surface area (Å²) in [4.78, 5) is 15.3. The fraction of sp³-hybridized carbons (Fsp3) is 0.240. The van der Waals surface area contributed by atoms with Crippen LogP contribution < -0.4 is 10.2 Å². The molecule has 1 aliphatic heterocycles. The predicted octanol–water partition coefficient (Wildman–Crippen LogP) is 3.93. The van der Waals surface area contributed by atoms with Crippen LogP contribution >= 0.6 is 0 Å². The van der Waals surface area contributed by atoms with Crippen molar-refractivity contribution >= 4 is 17.3 Å². The first-order valence-corrected chi connectivity index (χ1v) is 11.2. The van der Waals surface area contributed by atoms with Crippen LogP contribution in [0.15, 0.2) is 48.7 Å². The van der Waals surface area contributed by atoms with E-state index in [4.69, 9.17) is 4.74 Å². The number of anilines is 3. The molecule has 0 amide bonds. The zero-order valence-corrected chi connectivity index (χ0v) is 19.4. The number of hydrogen-bond donors (Lipinski definition) is 1. The number of benzene rings is 2. The van der Waals surface area contributed by atoms with E-state index in [9.17, 15) is 9.65 Å². The Balaban J connectivity index is 1.41. The van der Waals surface area contributed by atoms with Crippen molar-refractivity contribution in [2.75, 3.05) is 36.5 Å². The van der Waals surface area contributed by atoms with Crippen LogP contribution in [-0.4, -0.2) is 51.0 Å². The van der Waals surface area contributed by atoms with E-state index in [-0.39, 0.29) is 0 Å². The smallest absolute Gasteiger partial charge is 0.227 e. The molecule has 1 saturated heterocycles. The molecule has 10 heteroatoms. The zero-order chi connectivity index (χ0) is 24.4. The van der Waals surface area contributed by atoms with Crippen LogP contribution in [0.3, 0.4) is 0 Å². The van der Waals surface area contributed by atoms with E-state index >= 15 is 0 Å². The van der Waals surface area contributed by atoms with Gasteiger partial charge in [-0.2, -0.15) is 10.4 Å². The van der Waals surface area contributed by atoms with Gasteiger partial charge in [0, 0.05) is 36.2 Å². The highest BCUT2D eigenvalue weighted by Crippen LogP contribution is 2.28. The lowest BCUT2D eigenvalue weighted by molar-refractivity contribution is 0.122. The van der Waals surface area contributed by atoms with E-state index in [0.717, 1.165) is 24.3 Å². The Hall–Kier alpha value is -4.36. The molecule has 176 valence electrons. The van der Waals surface area contributed by atoms with Gasteiger partial charge < -0.3 is 15.0 Å². The van der Waals surface area contributed by atoms with Crippen LogP contribution in [0.5, 0.6) is 0 Å². The molecule has 0 unspecified atom stereocenters. The van der Waals surface area contributed by atoms with Gasteiger partial charge in [-0.25, -0.2) is 24.0 Å². The molecule has 4 aromatic rings. The molecule has 2 aromatic heterocycles. The highest BCUT2D eigenvalue weighted by molar-refractivity contribution is 5.70. The van der Waals surface area contributed by atoms with Gasteiger partial charge in [0.15, 0.2) is 5.82 Å². The van der Waals surface area contributed by atoms with E-state index in [1.54, 1.807) is 44.3 Å². The second-order valence-corrected chi connectivity index (χ2v) is 8.15. The van der Waals surface area contributed by atoms with Gasteiger partial charge in [-0.1, -0.05) is 0 Å². The maximum Gasteiger partial charge on any atom is 0.227 e. The first kappa shape index (κ1) is 22.4. The number of morpholine rings is 1. The van der Waals surface area contributed by atoms with E-state index in [0.29, 0.717) is 53.4 Å². The highest BCUT2D eigenvalue weighted by Gasteiger charge is 2.15. The zero-order valence-electron chi connectivity index (χ0n) is 19.4. The number of nitriles is 1. The summed E-state index contributed by atoms with van der Waals surface area (Å²) in [5.41, 5.74) is 3.76. The molecule has 0 spiro atoms. The van der Waals surface area contributed by atoms with Crippen LogP contribution in [0.2, 0.25) is 0 Å². The van der Waals surface area contributed by atoms with Gasteiger partial charge in [0.1, 0.15) is 17.3 Å². The average molecular weight is 471 g/mol. The Bertz CT molecular complexity index is 1420. The van der Waals surface area contributed by atoms with Crippen LogP contribution in [0, 0.1) is 31.0 Å². The minimum Gasteiger partial charge on any atom is -0.378 e. The van der Waals surface area contributed by atoms with Crippen molar-refractivity contribution < 1.29 is 9.13 Å². The van der Waals surface area contributed by atoms with Crippen LogP contribution in [0.25, 0.3) is 16.9 Å². The van der Waals surface area contributed by atoms with Gasteiger partial charge >= 0.3 is 0 Å². The third kappa shape index (κ3) is 4.81. The van der Waals surface area contributed by atoms with Crippen molar-refractivity contribution in [1.82, 2.24) is 24.7 Å². The lowest BCUT2D eigenvalue weighted by Gasteiger charge is -2.29. The Morgan fingerprint density at radius 2 is 1.89 bits per heavy atom. The molecule has 1 fully saturated rings.